The molecule has 0 atom stereocenters. The molecule has 3 aromatic rings. The van der Waals surface area contributed by atoms with Crippen LogP contribution in [0, 0.1) is 6.92 Å². The van der Waals surface area contributed by atoms with Gasteiger partial charge in [-0.1, -0.05) is 42.5 Å². The van der Waals surface area contributed by atoms with Crippen LogP contribution in [0.25, 0.3) is 0 Å². The molecule has 3 rings (SSSR count). The van der Waals surface area contributed by atoms with E-state index in [1.54, 1.807) is 0 Å². The zero-order valence-corrected chi connectivity index (χ0v) is 16.7. The van der Waals surface area contributed by atoms with E-state index in [0.717, 1.165) is 22.5 Å². The van der Waals surface area contributed by atoms with Crippen molar-refractivity contribution in [2.24, 2.45) is 0 Å². The van der Waals surface area contributed by atoms with Crippen molar-refractivity contribution in [2.45, 2.75) is 13.3 Å². The van der Waals surface area contributed by atoms with Crippen LogP contribution in [0.5, 0.6) is 0 Å². The number of esters is 1. The van der Waals surface area contributed by atoms with Gasteiger partial charge >= 0.3 is 5.97 Å². The van der Waals surface area contributed by atoms with Gasteiger partial charge in [0.25, 0.3) is 0 Å². The number of methoxy groups -OCH3 is 1. The predicted octanol–water partition coefficient (Wildman–Crippen LogP) is 5.24. The van der Waals surface area contributed by atoms with Crippen LogP contribution in [0.2, 0.25) is 0 Å². The zero-order chi connectivity index (χ0) is 19.2. The van der Waals surface area contributed by atoms with E-state index in [-0.39, 0.29) is 5.97 Å². The fraction of sp³-hybridized carbons (Fsp3) is 0.143. The Morgan fingerprint density at radius 3 is 2.56 bits per heavy atom. The lowest BCUT2D eigenvalue weighted by Crippen LogP contribution is -2.19. The van der Waals surface area contributed by atoms with Crippen molar-refractivity contribution in [3.8, 4) is 0 Å². The van der Waals surface area contributed by atoms with E-state index < -0.39 is 0 Å². The number of carbonyl (C=O) groups excluding carboxylic acids is 1. The number of thiocarbonyl (C=S) groups is 1. The summed E-state index contributed by atoms with van der Waals surface area (Å²) in [6.07, 6.45) is 0.745. The molecule has 0 bridgehead atoms. The number of thiophene rings is 1. The lowest BCUT2D eigenvalue weighted by Gasteiger charge is -2.10. The van der Waals surface area contributed by atoms with Gasteiger partial charge in [-0.25, -0.2) is 4.79 Å². The van der Waals surface area contributed by atoms with Crippen molar-refractivity contribution < 1.29 is 9.53 Å². The molecule has 2 aromatic carbocycles. The number of hydrogen-bond donors (Lipinski definition) is 2. The largest absolute Gasteiger partial charge is 0.465 e. The number of carbonyl (C=O) groups is 1. The average molecular weight is 397 g/mol. The molecule has 0 saturated carbocycles. The van der Waals surface area contributed by atoms with Gasteiger partial charge in [0.1, 0.15) is 5.00 Å². The van der Waals surface area contributed by atoms with Gasteiger partial charge in [0.2, 0.25) is 0 Å². The summed E-state index contributed by atoms with van der Waals surface area (Å²) in [6.45, 7) is 2.02. The molecule has 0 radical (unpaired) electrons. The molecule has 0 aliphatic heterocycles. The Kier molecular flexibility index (Phi) is 6.21. The lowest BCUT2D eigenvalue weighted by atomic mass is 10.1. The first-order chi connectivity index (χ1) is 13.0. The number of rotatable bonds is 5. The van der Waals surface area contributed by atoms with Gasteiger partial charge in [-0.3, -0.25) is 0 Å². The van der Waals surface area contributed by atoms with E-state index in [2.05, 4.69) is 22.8 Å². The van der Waals surface area contributed by atoms with E-state index in [1.807, 2.05) is 55.5 Å². The molecule has 4 nitrogen and oxygen atoms in total. The minimum atomic E-state index is -0.383. The Bertz CT molecular complexity index is 952. The average Bonchev–Trinajstić information content (AvgIpc) is 3.04. The van der Waals surface area contributed by atoms with E-state index in [9.17, 15) is 4.79 Å². The highest BCUT2D eigenvalue weighted by Gasteiger charge is 2.18. The number of hydrogen-bond acceptors (Lipinski definition) is 4. The van der Waals surface area contributed by atoms with Gasteiger partial charge in [-0.05, 0) is 48.5 Å². The second-order valence-electron chi connectivity index (χ2n) is 6.06. The molecule has 0 aliphatic rings. The molecule has 0 aliphatic carbocycles. The second-order valence-corrected chi connectivity index (χ2v) is 7.60. The van der Waals surface area contributed by atoms with Gasteiger partial charge < -0.3 is 15.4 Å². The quantitative estimate of drug-likeness (QED) is 0.456. The Balaban J connectivity index is 1.78. The first-order valence-corrected chi connectivity index (χ1v) is 9.67. The minimum Gasteiger partial charge on any atom is -0.465 e. The maximum absolute atomic E-state index is 12.2. The minimum absolute atomic E-state index is 0.383. The Morgan fingerprint density at radius 1 is 1.07 bits per heavy atom. The number of nitrogens with one attached hydrogen (secondary N) is 2. The normalized spacial score (nSPS) is 10.3. The molecular formula is C21H20N2O2S2. The molecule has 0 unspecified atom stereocenters. The highest BCUT2D eigenvalue weighted by atomic mass is 32.1. The molecule has 1 aromatic heterocycles. The van der Waals surface area contributed by atoms with Crippen molar-refractivity contribution in [3.05, 3.63) is 82.2 Å². The van der Waals surface area contributed by atoms with Crippen LogP contribution < -0.4 is 10.6 Å². The van der Waals surface area contributed by atoms with Crippen LogP contribution in [0.4, 0.5) is 10.7 Å². The molecule has 0 spiro atoms. The lowest BCUT2D eigenvalue weighted by molar-refractivity contribution is 0.0602. The van der Waals surface area contributed by atoms with E-state index >= 15 is 0 Å². The van der Waals surface area contributed by atoms with E-state index in [1.165, 1.54) is 24.0 Å². The summed E-state index contributed by atoms with van der Waals surface area (Å²) in [5.41, 5.74) is 3.71. The van der Waals surface area contributed by atoms with Crippen LogP contribution in [-0.4, -0.2) is 18.2 Å². The third-order valence-corrected chi connectivity index (χ3v) is 5.17. The summed E-state index contributed by atoms with van der Waals surface area (Å²) in [4.78, 5) is 13.2. The van der Waals surface area contributed by atoms with Gasteiger partial charge in [-0.2, -0.15) is 0 Å². The molecule has 27 heavy (non-hydrogen) atoms. The summed E-state index contributed by atoms with van der Waals surface area (Å²) in [5, 5.41) is 7.40. The van der Waals surface area contributed by atoms with Crippen molar-refractivity contribution in [2.75, 3.05) is 17.7 Å². The molecule has 2 N–H and O–H groups in total. The number of benzene rings is 2. The summed E-state index contributed by atoms with van der Waals surface area (Å²) in [7, 11) is 1.38. The van der Waals surface area contributed by atoms with Crippen LogP contribution in [0.3, 0.4) is 0 Å². The molecule has 0 saturated heterocycles. The summed E-state index contributed by atoms with van der Waals surface area (Å²) in [5.74, 6) is -0.383. The zero-order valence-electron chi connectivity index (χ0n) is 15.1. The smallest absolute Gasteiger partial charge is 0.340 e. The van der Waals surface area contributed by atoms with Gasteiger partial charge in [0.15, 0.2) is 5.11 Å². The monoisotopic (exact) mass is 396 g/mol. The number of anilines is 2. The summed E-state index contributed by atoms with van der Waals surface area (Å²) in [6, 6.07) is 19.9. The summed E-state index contributed by atoms with van der Waals surface area (Å²) < 4.78 is 4.92. The van der Waals surface area contributed by atoms with Gasteiger partial charge in [0, 0.05) is 17.0 Å². The molecule has 0 fully saturated rings. The SMILES string of the molecule is COC(=O)c1cc(Cc2ccccc2)sc1NC(=S)Nc1cccc(C)c1. The Hall–Kier alpha value is -2.70. The van der Waals surface area contributed by atoms with Gasteiger partial charge in [-0.15, -0.1) is 11.3 Å². The van der Waals surface area contributed by atoms with E-state index in [0.29, 0.717) is 15.7 Å². The first kappa shape index (κ1) is 19.1. The molecule has 1 heterocycles. The van der Waals surface area contributed by atoms with Crippen LogP contribution in [-0.2, 0) is 11.2 Å². The third kappa shape index (κ3) is 5.15. The molecule has 6 heteroatoms. The van der Waals surface area contributed by atoms with Crippen molar-refractivity contribution >= 4 is 45.3 Å². The maximum Gasteiger partial charge on any atom is 0.340 e. The predicted molar refractivity (Wildman–Crippen MR) is 116 cm³/mol. The fourth-order valence-electron chi connectivity index (χ4n) is 2.67. The third-order valence-electron chi connectivity index (χ3n) is 3.91. The number of aryl methyl sites for hydroxylation is 1. The van der Waals surface area contributed by atoms with Crippen molar-refractivity contribution in [3.63, 3.8) is 0 Å². The van der Waals surface area contributed by atoms with Crippen LogP contribution in [0.15, 0.2) is 60.7 Å². The fourth-order valence-corrected chi connectivity index (χ4v) is 4.04. The van der Waals surface area contributed by atoms with E-state index in [4.69, 9.17) is 17.0 Å². The van der Waals surface area contributed by atoms with Gasteiger partial charge in [0.05, 0.1) is 12.7 Å². The first-order valence-electron chi connectivity index (χ1n) is 8.45. The topological polar surface area (TPSA) is 50.4 Å². The Labute approximate surface area is 168 Å². The highest BCUT2D eigenvalue weighted by Crippen LogP contribution is 2.30. The summed E-state index contributed by atoms with van der Waals surface area (Å²) >= 11 is 6.92. The maximum atomic E-state index is 12.2. The highest BCUT2D eigenvalue weighted by molar-refractivity contribution is 7.80. The molecular weight excluding hydrogens is 376 g/mol. The molecule has 0 amide bonds. The van der Waals surface area contributed by atoms with Crippen molar-refractivity contribution in [1.82, 2.24) is 0 Å². The Morgan fingerprint density at radius 2 is 1.85 bits per heavy atom. The molecule has 138 valence electrons. The van der Waals surface area contributed by atoms with Crippen LogP contribution in [0.1, 0.15) is 26.4 Å². The number of ether oxygens (including phenoxy) is 1. The van der Waals surface area contributed by atoms with Crippen molar-refractivity contribution in [1.29, 1.82) is 0 Å². The van der Waals surface area contributed by atoms with Crippen LogP contribution >= 0.6 is 23.6 Å². The second kappa shape index (κ2) is 8.79. The standard InChI is InChI=1S/C21H20N2O2S2/c1-14-7-6-10-16(11-14)22-21(26)23-19-18(20(24)25-2)13-17(27-19)12-15-8-4-3-5-9-15/h3-11,13H,12H2,1-2H3,(H2,22,23,26).